The van der Waals surface area contributed by atoms with E-state index in [9.17, 15) is 28.0 Å². The van der Waals surface area contributed by atoms with Crippen molar-refractivity contribution in [1.82, 2.24) is 10.6 Å². The van der Waals surface area contributed by atoms with Crippen molar-refractivity contribution in [3.05, 3.63) is 149 Å². The van der Waals surface area contributed by atoms with E-state index in [2.05, 4.69) is 15.6 Å². The maximum absolute atomic E-state index is 12.9. The van der Waals surface area contributed by atoms with E-state index in [0.29, 0.717) is 13.0 Å². The summed E-state index contributed by atoms with van der Waals surface area (Å²) in [6.45, 7) is -0.284. The predicted molar refractivity (Wildman–Crippen MR) is 177 cm³/mol. The Bertz CT molecular complexity index is 1760. The van der Waals surface area contributed by atoms with Crippen LogP contribution in [0.1, 0.15) is 33.5 Å². The third-order valence-corrected chi connectivity index (χ3v) is 6.72. The number of hydrogen-bond acceptors (Lipinski definition) is 8. The molecular formula is C37H33F2N3O7. The van der Waals surface area contributed by atoms with Crippen LogP contribution in [0.4, 0.5) is 18.4 Å². The van der Waals surface area contributed by atoms with Crippen molar-refractivity contribution in [3.8, 4) is 0 Å². The third-order valence-electron chi connectivity index (χ3n) is 6.72. The molecule has 1 aliphatic heterocycles. The SMILES string of the molecule is O=C(CNC(=O)OCc1ccccc1)OCC(=O)c1ccc(F)cc1.O=C(NCC1=NC(c2ccc(F)cc2)=CC1)OCc1ccccc1. The van der Waals surface area contributed by atoms with Gasteiger partial charge in [0, 0.05) is 17.7 Å². The van der Waals surface area contributed by atoms with Crippen molar-refractivity contribution >= 4 is 35.3 Å². The molecule has 10 nitrogen and oxygen atoms in total. The number of allylic oxidation sites excluding steroid dienone is 1. The van der Waals surface area contributed by atoms with Gasteiger partial charge in [-0.3, -0.25) is 14.6 Å². The van der Waals surface area contributed by atoms with E-state index >= 15 is 0 Å². The van der Waals surface area contributed by atoms with Crippen LogP contribution in [0.25, 0.3) is 5.70 Å². The van der Waals surface area contributed by atoms with E-state index in [1.165, 1.54) is 24.3 Å². The number of halogens is 2. The fourth-order valence-electron chi connectivity index (χ4n) is 4.17. The second-order valence-electron chi connectivity index (χ2n) is 10.4. The van der Waals surface area contributed by atoms with Gasteiger partial charge in [-0.2, -0.15) is 0 Å². The van der Waals surface area contributed by atoms with Crippen molar-refractivity contribution in [2.45, 2.75) is 19.6 Å². The van der Waals surface area contributed by atoms with Gasteiger partial charge >= 0.3 is 18.2 Å². The van der Waals surface area contributed by atoms with Crippen LogP contribution in [0.15, 0.2) is 120 Å². The molecule has 0 bridgehead atoms. The van der Waals surface area contributed by atoms with Crippen LogP contribution in [0.3, 0.4) is 0 Å². The summed E-state index contributed by atoms with van der Waals surface area (Å²) < 4.78 is 40.5. The number of nitrogens with one attached hydrogen (secondary N) is 2. The summed E-state index contributed by atoms with van der Waals surface area (Å²) in [5, 5.41) is 4.92. The largest absolute Gasteiger partial charge is 0.456 e. The molecule has 4 aromatic rings. The smallest absolute Gasteiger partial charge is 0.407 e. The highest BCUT2D eigenvalue weighted by molar-refractivity contribution is 5.98. The topological polar surface area (TPSA) is 132 Å². The maximum Gasteiger partial charge on any atom is 0.407 e. The van der Waals surface area contributed by atoms with Crippen molar-refractivity contribution < 1.29 is 42.2 Å². The summed E-state index contributed by atoms with van der Waals surface area (Å²) in [7, 11) is 0. The lowest BCUT2D eigenvalue weighted by Gasteiger charge is -2.07. The van der Waals surface area contributed by atoms with Gasteiger partial charge in [0.2, 0.25) is 0 Å². The average molecular weight is 670 g/mol. The number of benzene rings is 4. The molecule has 2 amide bonds. The first-order chi connectivity index (χ1) is 23.7. The van der Waals surface area contributed by atoms with Gasteiger partial charge in [0.1, 0.15) is 31.4 Å². The summed E-state index contributed by atoms with van der Waals surface area (Å²) in [4.78, 5) is 50.9. The standard InChI is InChI=1S/C19H17FN2O2.C18H16FNO5/c20-16-8-6-15(7-9-16)18-11-10-17(22-18)12-21-19(23)24-13-14-4-2-1-3-5-14;19-15-8-6-14(7-9-15)16(21)12-24-17(22)10-20-18(23)25-11-13-4-2-1-3-5-13/h1-9,11H,10,12-13H2,(H,21,23);1-9H,10-12H2,(H,20,23). The molecule has 0 radical (unpaired) electrons. The summed E-state index contributed by atoms with van der Waals surface area (Å²) >= 11 is 0. The number of ketones is 1. The maximum atomic E-state index is 12.9. The molecule has 1 aliphatic rings. The monoisotopic (exact) mass is 669 g/mol. The van der Waals surface area contributed by atoms with Gasteiger partial charge in [0.25, 0.3) is 0 Å². The van der Waals surface area contributed by atoms with Crippen LogP contribution in [-0.4, -0.2) is 49.3 Å². The van der Waals surface area contributed by atoms with Crippen LogP contribution in [0.2, 0.25) is 0 Å². The first kappa shape index (κ1) is 35.7. The Morgan fingerprint density at radius 3 is 1.76 bits per heavy atom. The molecule has 2 N–H and O–H groups in total. The van der Waals surface area contributed by atoms with Crippen LogP contribution < -0.4 is 10.6 Å². The summed E-state index contributed by atoms with van der Waals surface area (Å²) in [6, 6.07) is 29.6. The Morgan fingerprint density at radius 2 is 1.18 bits per heavy atom. The molecule has 1 heterocycles. The molecule has 0 spiro atoms. The Balaban J connectivity index is 0.000000221. The number of alkyl carbamates (subject to hydrolysis) is 2. The second-order valence-corrected chi connectivity index (χ2v) is 10.4. The van der Waals surface area contributed by atoms with E-state index in [4.69, 9.17) is 14.2 Å². The fourth-order valence-corrected chi connectivity index (χ4v) is 4.17. The summed E-state index contributed by atoms with van der Waals surface area (Å²) in [6.07, 6.45) is 1.37. The molecular weight excluding hydrogens is 636 g/mol. The highest BCUT2D eigenvalue weighted by Crippen LogP contribution is 2.22. The Kier molecular flexibility index (Phi) is 13.7. The molecule has 0 aromatic heterocycles. The van der Waals surface area contributed by atoms with Crippen LogP contribution in [0.5, 0.6) is 0 Å². The van der Waals surface area contributed by atoms with Gasteiger partial charge in [-0.15, -0.1) is 0 Å². The van der Waals surface area contributed by atoms with Crippen molar-refractivity contribution in [2.24, 2.45) is 4.99 Å². The molecule has 0 atom stereocenters. The minimum Gasteiger partial charge on any atom is -0.456 e. The third kappa shape index (κ3) is 12.9. The summed E-state index contributed by atoms with van der Waals surface area (Å²) in [5.41, 5.74) is 4.47. The second kappa shape index (κ2) is 18.8. The molecule has 49 heavy (non-hydrogen) atoms. The van der Waals surface area contributed by atoms with E-state index in [0.717, 1.165) is 40.2 Å². The number of amides is 2. The average Bonchev–Trinajstić information content (AvgIpc) is 3.61. The number of hydrogen-bond donors (Lipinski definition) is 2. The Morgan fingerprint density at radius 1 is 0.653 bits per heavy atom. The summed E-state index contributed by atoms with van der Waals surface area (Å²) in [5.74, 6) is -2.00. The number of nitrogens with zero attached hydrogens (tertiary/aromatic N) is 1. The number of aliphatic imine (C=N–C) groups is 1. The lowest BCUT2D eigenvalue weighted by Crippen LogP contribution is -2.31. The van der Waals surface area contributed by atoms with Crippen LogP contribution in [-0.2, 0) is 32.2 Å². The zero-order valence-corrected chi connectivity index (χ0v) is 26.3. The van der Waals surface area contributed by atoms with E-state index in [1.807, 2.05) is 54.6 Å². The molecule has 5 rings (SSSR count). The molecule has 4 aromatic carbocycles. The van der Waals surface area contributed by atoms with Crippen molar-refractivity contribution in [2.75, 3.05) is 19.7 Å². The first-order valence-electron chi connectivity index (χ1n) is 15.1. The normalized spacial score (nSPS) is 11.6. The number of Topliss-reactive ketones (excluding diaryl/α,β-unsaturated/α-hetero) is 1. The predicted octanol–water partition coefficient (Wildman–Crippen LogP) is 6.42. The number of carbonyl (C=O) groups is 4. The van der Waals surface area contributed by atoms with Crippen LogP contribution >= 0.6 is 0 Å². The molecule has 0 aliphatic carbocycles. The molecule has 0 unspecified atom stereocenters. The molecule has 0 saturated carbocycles. The fraction of sp³-hybridized carbons (Fsp3) is 0.162. The van der Waals surface area contributed by atoms with Crippen molar-refractivity contribution in [3.63, 3.8) is 0 Å². The zero-order valence-electron chi connectivity index (χ0n) is 26.3. The number of ether oxygens (including phenoxy) is 3. The first-order valence-corrected chi connectivity index (χ1v) is 15.1. The van der Waals surface area contributed by atoms with Gasteiger partial charge in [0.05, 0.1) is 12.2 Å². The highest BCUT2D eigenvalue weighted by Gasteiger charge is 2.13. The van der Waals surface area contributed by atoms with Crippen LogP contribution in [0, 0.1) is 11.6 Å². The highest BCUT2D eigenvalue weighted by atomic mass is 19.1. The Hall–Kier alpha value is -6.17. The Labute approximate surface area is 281 Å². The van der Waals surface area contributed by atoms with E-state index in [-0.39, 0.29) is 24.6 Å². The quantitative estimate of drug-likeness (QED) is 0.101. The van der Waals surface area contributed by atoms with Gasteiger partial charge < -0.3 is 24.8 Å². The van der Waals surface area contributed by atoms with E-state index in [1.54, 1.807) is 24.3 Å². The van der Waals surface area contributed by atoms with E-state index < -0.39 is 42.9 Å². The van der Waals surface area contributed by atoms with Gasteiger partial charge in [-0.1, -0.05) is 66.7 Å². The van der Waals surface area contributed by atoms with Gasteiger partial charge in [-0.05, 0) is 65.2 Å². The molecule has 0 saturated heterocycles. The molecule has 252 valence electrons. The van der Waals surface area contributed by atoms with Crippen molar-refractivity contribution in [1.29, 1.82) is 0 Å². The van der Waals surface area contributed by atoms with Gasteiger partial charge in [0.15, 0.2) is 12.4 Å². The minimum atomic E-state index is -0.785. The zero-order chi connectivity index (χ0) is 34.8. The lowest BCUT2D eigenvalue weighted by atomic mass is 10.1. The minimum absolute atomic E-state index is 0.0742. The number of esters is 1. The number of carbonyl (C=O) groups excluding carboxylic acids is 4. The van der Waals surface area contributed by atoms with Gasteiger partial charge in [-0.25, -0.2) is 18.4 Å². The lowest BCUT2D eigenvalue weighted by molar-refractivity contribution is -0.141. The molecule has 0 fully saturated rings. The molecule has 12 heteroatoms. The number of rotatable bonds is 12.